The summed E-state index contributed by atoms with van der Waals surface area (Å²) in [4.78, 5) is 23.4. The summed E-state index contributed by atoms with van der Waals surface area (Å²) < 4.78 is 1.66. The van der Waals surface area contributed by atoms with Crippen LogP contribution in [0.3, 0.4) is 0 Å². The van der Waals surface area contributed by atoms with E-state index in [9.17, 15) is 9.59 Å². The van der Waals surface area contributed by atoms with Crippen LogP contribution < -0.4 is 10.6 Å². The predicted molar refractivity (Wildman–Crippen MR) is 84.6 cm³/mol. The van der Waals surface area contributed by atoms with E-state index in [0.717, 1.165) is 7.57 Å². The molecule has 0 atom stereocenters. The van der Waals surface area contributed by atoms with Crippen molar-refractivity contribution in [2.24, 2.45) is 0 Å². The number of halogens is 2. The van der Waals surface area contributed by atoms with Crippen molar-refractivity contribution < 1.29 is 9.59 Å². The summed E-state index contributed by atoms with van der Waals surface area (Å²) in [6, 6.07) is 1.75. The van der Waals surface area contributed by atoms with E-state index in [1.54, 1.807) is 6.07 Å². The number of rotatable bonds is 4. The Balaban J connectivity index is 2.40. The van der Waals surface area contributed by atoms with Crippen LogP contribution in [0.2, 0.25) is 0 Å². The van der Waals surface area contributed by atoms with E-state index in [-0.39, 0.29) is 23.8 Å². The zero-order chi connectivity index (χ0) is 14.6. The molecule has 19 heavy (non-hydrogen) atoms. The van der Waals surface area contributed by atoms with Gasteiger partial charge in [0.25, 0.3) is 5.91 Å². The largest absolute Gasteiger partial charge is 0.351 e. The maximum atomic E-state index is 11.9. The highest BCUT2D eigenvalue weighted by molar-refractivity contribution is 9.12. The second-order valence-corrected chi connectivity index (χ2v) is 8.79. The van der Waals surface area contributed by atoms with Gasteiger partial charge in [-0.25, -0.2) is 0 Å². The number of thiophene rings is 1. The van der Waals surface area contributed by atoms with Gasteiger partial charge in [-0.3, -0.25) is 9.59 Å². The lowest BCUT2D eigenvalue weighted by molar-refractivity contribution is -0.122. The van der Waals surface area contributed by atoms with E-state index in [1.165, 1.54) is 11.3 Å². The highest BCUT2D eigenvalue weighted by atomic mass is 79.9. The molecule has 7 heteroatoms. The summed E-state index contributed by atoms with van der Waals surface area (Å²) in [5, 5.41) is 5.57. The van der Waals surface area contributed by atoms with Crippen LogP contribution in [0.4, 0.5) is 0 Å². The summed E-state index contributed by atoms with van der Waals surface area (Å²) in [6.07, 6.45) is 0.270. The summed E-state index contributed by atoms with van der Waals surface area (Å²) in [5.41, 5.74) is 0.329. The van der Waals surface area contributed by atoms with E-state index < -0.39 is 0 Å². The van der Waals surface area contributed by atoms with E-state index in [0.29, 0.717) is 12.1 Å². The molecule has 0 aliphatic rings. The predicted octanol–water partition coefficient (Wildman–Crippen LogP) is 3.31. The Labute approximate surface area is 133 Å². The van der Waals surface area contributed by atoms with Gasteiger partial charge in [0.15, 0.2) is 0 Å². The van der Waals surface area contributed by atoms with Gasteiger partial charge in [-0.1, -0.05) is 0 Å². The molecule has 0 radical (unpaired) electrons. The van der Waals surface area contributed by atoms with Crippen LogP contribution >= 0.6 is 43.2 Å². The minimum absolute atomic E-state index is 0.0710. The van der Waals surface area contributed by atoms with Gasteiger partial charge in [-0.15, -0.1) is 11.3 Å². The lowest BCUT2D eigenvalue weighted by Crippen LogP contribution is -2.41. The van der Waals surface area contributed by atoms with Crippen molar-refractivity contribution in [2.45, 2.75) is 32.7 Å². The maximum Gasteiger partial charge on any atom is 0.253 e. The van der Waals surface area contributed by atoms with Crippen molar-refractivity contribution in [2.75, 3.05) is 6.54 Å². The second-order valence-electron chi connectivity index (χ2n) is 5.04. The molecule has 0 fully saturated rings. The molecule has 0 saturated heterocycles. The molecule has 0 aliphatic heterocycles. The second kappa shape index (κ2) is 6.85. The molecule has 1 heterocycles. The lowest BCUT2D eigenvalue weighted by atomic mass is 10.1. The summed E-state index contributed by atoms with van der Waals surface area (Å²) in [5.74, 6) is -0.254. The highest BCUT2D eigenvalue weighted by Gasteiger charge is 2.15. The maximum absolute atomic E-state index is 11.9. The smallest absolute Gasteiger partial charge is 0.253 e. The van der Waals surface area contributed by atoms with Crippen molar-refractivity contribution in [3.63, 3.8) is 0 Å². The average molecular weight is 412 g/mol. The van der Waals surface area contributed by atoms with E-state index in [2.05, 4.69) is 42.5 Å². The van der Waals surface area contributed by atoms with Gasteiger partial charge in [0.1, 0.15) is 0 Å². The fraction of sp³-hybridized carbons (Fsp3) is 0.500. The number of carbonyl (C=O) groups is 2. The first kappa shape index (κ1) is 16.7. The Bertz CT molecular complexity index is 481. The molecule has 0 aliphatic carbocycles. The van der Waals surface area contributed by atoms with Gasteiger partial charge in [0.05, 0.1) is 13.1 Å². The van der Waals surface area contributed by atoms with Gasteiger partial charge in [-0.2, -0.15) is 0 Å². The Morgan fingerprint density at radius 1 is 1.32 bits per heavy atom. The average Bonchev–Trinajstić information content (AvgIpc) is 2.55. The van der Waals surface area contributed by atoms with E-state index in [1.807, 2.05) is 20.8 Å². The number of nitrogens with one attached hydrogen (secondary N) is 2. The van der Waals surface area contributed by atoms with Gasteiger partial charge < -0.3 is 10.6 Å². The number of hydrogen-bond donors (Lipinski definition) is 2. The van der Waals surface area contributed by atoms with E-state index in [4.69, 9.17) is 0 Å². The van der Waals surface area contributed by atoms with Gasteiger partial charge in [0.2, 0.25) is 5.91 Å². The Morgan fingerprint density at radius 3 is 2.42 bits per heavy atom. The van der Waals surface area contributed by atoms with Gasteiger partial charge >= 0.3 is 0 Å². The molecule has 2 amide bonds. The number of hydrogen-bond acceptors (Lipinski definition) is 3. The Hall–Kier alpha value is -0.400. The number of carbonyl (C=O) groups excluding carboxylic acids is 2. The van der Waals surface area contributed by atoms with Crippen LogP contribution in [0.25, 0.3) is 0 Å². The zero-order valence-electron chi connectivity index (χ0n) is 11.0. The lowest BCUT2D eigenvalue weighted by Gasteiger charge is -2.20. The molecule has 0 unspecified atom stereocenters. The standard InChI is InChI=1S/C12H16Br2N2O2S/c1-12(2,3)16-9(17)4-5-15-11(18)7-6-8(13)19-10(7)14/h6H,4-5H2,1-3H3,(H,15,18)(H,16,17). The van der Waals surface area contributed by atoms with E-state index >= 15 is 0 Å². The molecular weight excluding hydrogens is 396 g/mol. The fourth-order valence-electron chi connectivity index (χ4n) is 1.36. The third-order valence-corrected chi connectivity index (χ3v) is 4.39. The topological polar surface area (TPSA) is 58.2 Å². The van der Waals surface area contributed by atoms with Crippen molar-refractivity contribution in [1.82, 2.24) is 10.6 Å². The van der Waals surface area contributed by atoms with Crippen LogP contribution in [0.1, 0.15) is 37.6 Å². The minimum Gasteiger partial charge on any atom is -0.351 e. The van der Waals surface area contributed by atoms with Crippen molar-refractivity contribution in [3.05, 3.63) is 19.2 Å². The third kappa shape index (κ3) is 6.05. The molecule has 1 rings (SSSR count). The summed E-state index contributed by atoms with van der Waals surface area (Å²) in [6.45, 7) is 6.08. The van der Waals surface area contributed by atoms with Crippen LogP contribution in [-0.4, -0.2) is 23.9 Å². The van der Waals surface area contributed by atoms with Crippen molar-refractivity contribution in [3.8, 4) is 0 Å². The molecule has 106 valence electrons. The first-order chi connectivity index (χ1) is 8.69. The zero-order valence-corrected chi connectivity index (χ0v) is 15.0. The first-order valence-electron chi connectivity index (χ1n) is 5.73. The summed E-state index contributed by atoms with van der Waals surface area (Å²) in [7, 11) is 0. The van der Waals surface area contributed by atoms with Crippen LogP contribution in [0, 0.1) is 0 Å². The SMILES string of the molecule is CC(C)(C)NC(=O)CCNC(=O)c1cc(Br)sc1Br. The van der Waals surface area contributed by atoms with Crippen molar-refractivity contribution in [1.29, 1.82) is 0 Å². The normalized spacial score (nSPS) is 11.2. The quantitative estimate of drug-likeness (QED) is 0.798. The molecule has 1 aromatic rings. The highest BCUT2D eigenvalue weighted by Crippen LogP contribution is 2.31. The van der Waals surface area contributed by atoms with Crippen LogP contribution in [0.5, 0.6) is 0 Å². The van der Waals surface area contributed by atoms with Crippen LogP contribution in [-0.2, 0) is 4.79 Å². The summed E-state index contributed by atoms with van der Waals surface area (Å²) >= 11 is 8.09. The molecule has 0 bridgehead atoms. The molecule has 0 spiro atoms. The first-order valence-corrected chi connectivity index (χ1v) is 8.13. The number of amides is 2. The van der Waals surface area contributed by atoms with Gasteiger partial charge in [-0.05, 0) is 58.7 Å². The van der Waals surface area contributed by atoms with Gasteiger partial charge in [0, 0.05) is 18.5 Å². The molecule has 0 aromatic carbocycles. The molecule has 0 saturated carbocycles. The molecular formula is C12H16Br2N2O2S. The molecule has 2 N–H and O–H groups in total. The minimum atomic E-state index is -0.248. The molecule has 1 aromatic heterocycles. The van der Waals surface area contributed by atoms with Crippen molar-refractivity contribution >= 4 is 55.0 Å². The third-order valence-electron chi connectivity index (χ3n) is 2.05. The van der Waals surface area contributed by atoms with Crippen LogP contribution in [0.15, 0.2) is 13.6 Å². The monoisotopic (exact) mass is 410 g/mol. The molecule has 4 nitrogen and oxygen atoms in total. The fourth-order valence-corrected chi connectivity index (χ4v) is 4.15. The Morgan fingerprint density at radius 2 is 1.95 bits per heavy atom. The Kier molecular flexibility index (Phi) is 6.01.